The fraction of sp³-hybridized carbons (Fsp3) is 0.571. The summed E-state index contributed by atoms with van der Waals surface area (Å²) in [4.78, 5) is 0. The Bertz CT molecular complexity index is 197. The zero-order valence-corrected chi connectivity index (χ0v) is 12.8. The first kappa shape index (κ1) is 15.0. The number of allylic oxidation sites excluding steroid dienone is 3. The molecule has 0 aliphatic carbocycles. The first-order valence-electron chi connectivity index (χ1n) is 5.79. The Morgan fingerprint density at radius 2 is 1.73 bits per heavy atom. The Kier molecular flexibility index (Phi) is 8.21. The van der Waals surface area contributed by atoms with Crippen LogP contribution in [-0.4, -0.2) is 22.5 Å². The van der Waals surface area contributed by atoms with Gasteiger partial charge in [0, 0.05) is 0 Å². The summed E-state index contributed by atoms with van der Waals surface area (Å²) in [6.45, 7) is 14.0. The third-order valence-electron chi connectivity index (χ3n) is 2.94. The second kappa shape index (κ2) is 8.20. The molecule has 0 saturated heterocycles. The summed E-state index contributed by atoms with van der Waals surface area (Å²) in [6, 6.07) is 0. The Morgan fingerprint density at radius 3 is 2.13 bits per heavy atom. The van der Waals surface area contributed by atoms with Crippen LogP contribution in [-0.2, 0) is 0 Å². The monoisotopic (exact) mass is 311 g/mol. The molecule has 0 saturated carbocycles. The van der Waals surface area contributed by atoms with Gasteiger partial charge in [-0.3, -0.25) is 0 Å². The van der Waals surface area contributed by atoms with E-state index >= 15 is 0 Å². The van der Waals surface area contributed by atoms with Gasteiger partial charge in [0.2, 0.25) is 0 Å². The number of hydrogen-bond acceptors (Lipinski definition) is 0. The van der Waals surface area contributed by atoms with Crippen LogP contribution >= 0.6 is 0 Å². The molecule has 0 fully saturated rings. The predicted molar refractivity (Wildman–Crippen MR) is 71.3 cm³/mol. The molecule has 0 aliphatic heterocycles. The molecular formula is C14H23Sn. The van der Waals surface area contributed by atoms with Gasteiger partial charge in [-0.1, -0.05) is 0 Å². The fourth-order valence-corrected chi connectivity index (χ4v) is 2.48. The van der Waals surface area contributed by atoms with Crippen molar-refractivity contribution in [2.75, 3.05) is 0 Å². The normalized spacial score (nSPS) is 13.2. The van der Waals surface area contributed by atoms with Crippen molar-refractivity contribution < 1.29 is 0 Å². The van der Waals surface area contributed by atoms with Gasteiger partial charge in [0.05, 0.1) is 0 Å². The molecule has 0 aromatic heterocycles. The van der Waals surface area contributed by atoms with Crippen LogP contribution in [0.2, 0.25) is 3.43 Å². The summed E-state index contributed by atoms with van der Waals surface area (Å²) in [6.07, 6.45) is 12.6. The molecule has 0 aromatic carbocycles. The van der Waals surface area contributed by atoms with Crippen molar-refractivity contribution in [2.24, 2.45) is 5.92 Å². The second-order valence-electron chi connectivity index (χ2n) is 4.03. The van der Waals surface area contributed by atoms with Crippen molar-refractivity contribution in [3.05, 3.63) is 38.0 Å². The Labute approximate surface area is 109 Å². The zero-order chi connectivity index (χ0) is 11.7. The second-order valence-corrected chi connectivity index (χ2v) is 6.50. The molecule has 0 aromatic rings. The van der Waals surface area contributed by atoms with E-state index in [4.69, 9.17) is 0 Å². The van der Waals surface area contributed by atoms with Crippen LogP contribution in [0.5, 0.6) is 0 Å². The Balaban J connectivity index is 4.17. The van der Waals surface area contributed by atoms with E-state index in [0.29, 0.717) is 5.92 Å². The van der Waals surface area contributed by atoms with E-state index in [1.807, 2.05) is 12.2 Å². The quantitative estimate of drug-likeness (QED) is 0.335. The summed E-state index contributed by atoms with van der Waals surface area (Å²) in [5.74, 6) is 0.516. The molecule has 1 unspecified atom stereocenters. The minimum absolute atomic E-state index is 0.0979. The van der Waals surface area contributed by atoms with E-state index in [-0.39, 0.29) is 3.43 Å². The summed E-state index contributed by atoms with van der Waals surface area (Å²) in [5, 5.41) is 0. The summed E-state index contributed by atoms with van der Waals surface area (Å²) in [5.41, 5.74) is 0. The van der Waals surface area contributed by atoms with Crippen molar-refractivity contribution in [1.82, 2.24) is 0 Å². The SMILES string of the molecule is C=CC(CCCCCC)[C]([Sn])(C=C)C=C. The molecule has 0 nitrogen and oxygen atoms in total. The molecule has 15 heavy (non-hydrogen) atoms. The van der Waals surface area contributed by atoms with Gasteiger partial charge in [0.15, 0.2) is 0 Å². The van der Waals surface area contributed by atoms with Crippen molar-refractivity contribution in [3.8, 4) is 0 Å². The van der Waals surface area contributed by atoms with Gasteiger partial charge >= 0.3 is 109 Å². The zero-order valence-electron chi connectivity index (χ0n) is 9.97. The van der Waals surface area contributed by atoms with Gasteiger partial charge in [0.25, 0.3) is 0 Å². The molecule has 0 bridgehead atoms. The van der Waals surface area contributed by atoms with Gasteiger partial charge in [-0.2, -0.15) is 0 Å². The molecule has 0 N–H and O–H groups in total. The molecule has 0 heterocycles. The van der Waals surface area contributed by atoms with Gasteiger partial charge in [-0.05, 0) is 0 Å². The molecule has 0 rings (SSSR count). The van der Waals surface area contributed by atoms with E-state index in [2.05, 4.69) is 32.7 Å². The van der Waals surface area contributed by atoms with Gasteiger partial charge < -0.3 is 0 Å². The van der Waals surface area contributed by atoms with Gasteiger partial charge in [0.1, 0.15) is 0 Å². The summed E-state index contributed by atoms with van der Waals surface area (Å²) >= 11 is 1.46. The molecule has 0 aliphatic rings. The standard InChI is InChI=1S/C14H23.Sn/c1-5-9-10-11-12-14(8-4)13(6-2)7-3;/h6-8,14H,2-5,9-12H2,1H3;. The van der Waals surface area contributed by atoms with E-state index in [1.54, 1.807) is 0 Å². The van der Waals surface area contributed by atoms with Crippen molar-refractivity contribution >= 4 is 22.5 Å². The maximum absolute atomic E-state index is 3.94. The van der Waals surface area contributed by atoms with E-state index in [9.17, 15) is 0 Å². The van der Waals surface area contributed by atoms with Crippen LogP contribution in [0, 0.1) is 5.92 Å². The van der Waals surface area contributed by atoms with Crippen LogP contribution in [0.1, 0.15) is 39.0 Å². The first-order valence-corrected chi connectivity index (χ1v) is 7.22. The summed E-state index contributed by atoms with van der Waals surface area (Å²) in [7, 11) is 0. The topological polar surface area (TPSA) is 0 Å². The van der Waals surface area contributed by atoms with Gasteiger partial charge in [-0.25, -0.2) is 0 Å². The predicted octanol–water partition coefficient (Wildman–Crippen LogP) is 4.46. The molecule has 1 heteroatoms. The average molecular weight is 310 g/mol. The Morgan fingerprint density at radius 1 is 1.13 bits per heavy atom. The first-order chi connectivity index (χ1) is 7.14. The third kappa shape index (κ3) is 5.05. The molecule has 3 radical (unpaired) electrons. The summed E-state index contributed by atoms with van der Waals surface area (Å²) < 4.78 is 0.0979. The minimum atomic E-state index is 0.0979. The van der Waals surface area contributed by atoms with Crippen molar-refractivity contribution in [1.29, 1.82) is 0 Å². The molecule has 0 amide bonds. The third-order valence-corrected chi connectivity index (χ3v) is 5.17. The van der Waals surface area contributed by atoms with Gasteiger partial charge in [-0.15, -0.1) is 0 Å². The Hall–Kier alpha value is 0.0187. The van der Waals surface area contributed by atoms with Crippen molar-refractivity contribution in [3.63, 3.8) is 0 Å². The van der Waals surface area contributed by atoms with Crippen LogP contribution < -0.4 is 0 Å². The van der Waals surface area contributed by atoms with Crippen LogP contribution in [0.15, 0.2) is 38.0 Å². The molecule has 1 atom stereocenters. The average Bonchev–Trinajstić information content (AvgIpc) is 2.28. The molecule has 0 spiro atoms. The van der Waals surface area contributed by atoms with E-state index in [1.165, 1.54) is 54.6 Å². The van der Waals surface area contributed by atoms with Crippen LogP contribution in [0.4, 0.5) is 0 Å². The van der Waals surface area contributed by atoms with Crippen molar-refractivity contribution in [2.45, 2.75) is 42.5 Å². The molecular weight excluding hydrogens is 287 g/mol. The van der Waals surface area contributed by atoms with Crippen LogP contribution in [0.25, 0.3) is 0 Å². The molecule has 83 valence electrons. The number of hydrogen-bond donors (Lipinski definition) is 0. The number of unbranched alkanes of at least 4 members (excludes halogenated alkanes) is 3. The maximum atomic E-state index is 3.94. The van der Waals surface area contributed by atoms with Crippen LogP contribution in [0.3, 0.4) is 0 Å². The van der Waals surface area contributed by atoms with E-state index in [0.717, 1.165) is 0 Å². The fourth-order valence-electron chi connectivity index (χ4n) is 1.73. The van der Waals surface area contributed by atoms with E-state index < -0.39 is 0 Å². The number of rotatable bonds is 9.